The van der Waals surface area contributed by atoms with Gasteiger partial charge in [0.15, 0.2) is 0 Å². The number of rotatable bonds is 7. The summed E-state index contributed by atoms with van der Waals surface area (Å²) in [5, 5.41) is 3.32. The summed E-state index contributed by atoms with van der Waals surface area (Å²) in [6.07, 6.45) is 1.03. The Morgan fingerprint density at radius 1 is 1.11 bits per heavy atom. The average molecular weight is 445 g/mol. The van der Waals surface area contributed by atoms with Gasteiger partial charge in [-0.3, -0.25) is 9.10 Å². The summed E-state index contributed by atoms with van der Waals surface area (Å²) < 4.78 is 31.1. The van der Waals surface area contributed by atoms with E-state index in [1.807, 2.05) is 18.2 Å². The maximum absolute atomic E-state index is 12.8. The number of carbonyl (C=O) groups is 1. The smallest absolute Gasteiger partial charge is 0.244 e. The van der Waals surface area contributed by atoms with Crippen molar-refractivity contribution >= 4 is 44.8 Å². The van der Waals surface area contributed by atoms with Crippen molar-refractivity contribution in [3.8, 4) is 5.75 Å². The number of amides is 1. The van der Waals surface area contributed by atoms with E-state index in [9.17, 15) is 13.2 Å². The van der Waals surface area contributed by atoms with E-state index in [4.69, 9.17) is 27.9 Å². The molecule has 9 heteroatoms. The van der Waals surface area contributed by atoms with Gasteiger partial charge >= 0.3 is 0 Å². The number of nitrogens with one attached hydrogen (secondary N) is 1. The Bertz CT molecular complexity index is 966. The number of hydrogen-bond acceptors (Lipinski definition) is 4. The van der Waals surface area contributed by atoms with Crippen molar-refractivity contribution in [2.75, 3.05) is 17.7 Å². The number of para-hydroxylation sites is 1. The first kappa shape index (κ1) is 22.3. The molecular weight excluding hydrogens is 423 g/mol. The van der Waals surface area contributed by atoms with E-state index >= 15 is 0 Å². The summed E-state index contributed by atoms with van der Waals surface area (Å²) in [7, 11) is -2.21. The van der Waals surface area contributed by atoms with Crippen molar-refractivity contribution in [2.45, 2.75) is 25.9 Å². The van der Waals surface area contributed by atoms with Crippen LogP contribution in [0, 0.1) is 0 Å². The van der Waals surface area contributed by atoms with Gasteiger partial charge in [0.25, 0.3) is 0 Å². The summed E-state index contributed by atoms with van der Waals surface area (Å²) in [6, 6.07) is 10.3. The molecule has 0 heterocycles. The van der Waals surface area contributed by atoms with Gasteiger partial charge in [0.1, 0.15) is 11.8 Å². The lowest BCUT2D eigenvalue weighted by atomic mass is 10.1. The Labute approximate surface area is 175 Å². The summed E-state index contributed by atoms with van der Waals surface area (Å²) in [6.45, 7) is 3.31. The fraction of sp³-hybridized carbons (Fsp3) is 0.316. The number of methoxy groups -OCH3 is 1. The van der Waals surface area contributed by atoms with E-state index in [0.29, 0.717) is 10.8 Å². The first-order valence-electron chi connectivity index (χ1n) is 8.44. The molecule has 0 spiro atoms. The molecule has 0 saturated carbocycles. The summed E-state index contributed by atoms with van der Waals surface area (Å²) in [4.78, 5) is 12.8. The van der Waals surface area contributed by atoms with Crippen molar-refractivity contribution in [3.63, 3.8) is 0 Å². The van der Waals surface area contributed by atoms with Gasteiger partial charge in [-0.2, -0.15) is 0 Å². The van der Waals surface area contributed by atoms with E-state index in [1.165, 1.54) is 25.1 Å². The zero-order chi connectivity index (χ0) is 21.1. The van der Waals surface area contributed by atoms with Gasteiger partial charge in [0, 0.05) is 5.56 Å². The van der Waals surface area contributed by atoms with Crippen molar-refractivity contribution in [1.29, 1.82) is 0 Å². The van der Waals surface area contributed by atoms with Crippen molar-refractivity contribution in [2.24, 2.45) is 0 Å². The third kappa shape index (κ3) is 5.10. The maximum Gasteiger partial charge on any atom is 0.244 e. The normalized spacial score (nSPS) is 13.5. The molecule has 0 aliphatic rings. The highest BCUT2D eigenvalue weighted by atomic mass is 35.5. The largest absolute Gasteiger partial charge is 0.496 e. The van der Waals surface area contributed by atoms with Gasteiger partial charge < -0.3 is 10.1 Å². The molecule has 1 N–H and O–H groups in total. The molecule has 0 bridgehead atoms. The molecule has 2 atom stereocenters. The van der Waals surface area contributed by atoms with E-state index in [2.05, 4.69) is 5.32 Å². The lowest BCUT2D eigenvalue weighted by Crippen LogP contribution is -2.48. The zero-order valence-electron chi connectivity index (χ0n) is 15.9. The van der Waals surface area contributed by atoms with E-state index < -0.39 is 22.0 Å². The Hall–Kier alpha value is -1.96. The molecule has 152 valence electrons. The second-order valence-corrected chi connectivity index (χ2v) is 8.98. The molecule has 0 fully saturated rings. The molecule has 0 saturated heterocycles. The monoisotopic (exact) mass is 444 g/mol. The number of ether oxygens (including phenoxy) is 1. The third-order valence-electron chi connectivity index (χ3n) is 4.21. The van der Waals surface area contributed by atoms with Crippen LogP contribution in [0.25, 0.3) is 0 Å². The third-order valence-corrected chi connectivity index (χ3v) is 6.19. The van der Waals surface area contributed by atoms with Crippen LogP contribution in [-0.2, 0) is 14.8 Å². The van der Waals surface area contributed by atoms with Crippen LogP contribution in [0.2, 0.25) is 10.0 Å². The van der Waals surface area contributed by atoms with Crippen LogP contribution in [0.3, 0.4) is 0 Å². The van der Waals surface area contributed by atoms with E-state index in [0.717, 1.165) is 16.1 Å². The standard InChI is InChI=1S/C19H22Cl2N2O4S/c1-12(15-7-5-6-8-18(15)27-3)22-19(24)13(2)23(28(4,25)26)14-9-10-16(20)17(21)11-14/h5-13H,1-4H3,(H,22,24)/t12-,13-/m1/s1. The van der Waals surface area contributed by atoms with Gasteiger partial charge in [-0.15, -0.1) is 0 Å². The molecule has 0 aromatic heterocycles. The Balaban J connectivity index is 2.30. The highest BCUT2D eigenvalue weighted by Crippen LogP contribution is 2.30. The lowest BCUT2D eigenvalue weighted by Gasteiger charge is -2.29. The number of anilines is 1. The quantitative estimate of drug-likeness (QED) is 0.698. The van der Waals surface area contributed by atoms with Crippen LogP contribution >= 0.6 is 23.2 Å². The van der Waals surface area contributed by atoms with Crippen molar-refractivity contribution in [1.82, 2.24) is 5.32 Å². The minimum Gasteiger partial charge on any atom is -0.496 e. The first-order valence-corrected chi connectivity index (χ1v) is 11.0. The van der Waals surface area contributed by atoms with E-state index in [1.54, 1.807) is 20.1 Å². The first-order chi connectivity index (χ1) is 13.1. The number of benzene rings is 2. The predicted molar refractivity (Wildman–Crippen MR) is 113 cm³/mol. The molecule has 28 heavy (non-hydrogen) atoms. The van der Waals surface area contributed by atoms with Gasteiger partial charge in [0.05, 0.1) is 35.1 Å². The molecular formula is C19H22Cl2N2O4S. The highest BCUT2D eigenvalue weighted by Gasteiger charge is 2.30. The molecule has 6 nitrogen and oxygen atoms in total. The van der Waals surface area contributed by atoms with Crippen LogP contribution < -0.4 is 14.4 Å². The molecule has 2 aromatic carbocycles. The van der Waals surface area contributed by atoms with Crippen LogP contribution in [0.1, 0.15) is 25.5 Å². The maximum atomic E-state index is 12.8. The minimum absolute atomic E-state index is 0.197. The number of nitrogens with zero attached hydrogens (tertiary/aromatic N) is 1. The average Bonchev–Trinajstić information content (AvgIpc) is 2.63. The van der Waals surface area contributed by atoms with Gasteiger partial charge in [-0.05, 0) is 38.1 Å². The van der Waals surface area contributed by atoms with Crippen LogP contribution in [0.4, 0.5) is 5.69 Å². The van der Waals surface area contributed by atoms with Crippen LogP contribution in [0.15, 0.2) is 42.5 Å². The molecule has 0 aliphatic carbocycles. The van der Waals surface area contributed by atoms with Crippen molar-refractivity contribution in [3.05, 3.63) is 58.1 Å². The van der Waals surface area contributed by atoms with Gasteiger partial charge in [0.2, 0.25) is 15.9 Å². The number of sulfonamides is 1. The fourth-order valence-electron chi connectivity index (χ4n) is 2.87. The summed E-state index contributed by atoms with van der Waals surface area (Å²) in [5.41, 5.74) is 1.04. The SMILES string of the molecule is COc1ccccc1[C@@H](C)NC(=O)[C@@H](C)N(c1ccc(Cl)c(Cl)c1)S(C)(=O)=O. The Morgan fingerprint density at radius 2 is 1.75 bits per heavy atom. The second kappa shape index (κ2) is 9.03. The van der Waals surface area contributed by atoms with Crippen LogP contribution in [0.5, 0.6) is 5.75 Å². The second-order valence-electron chi connectivity index (χ2n) is 6.31. The summed E-state index contributed by atoms with van der Waals surface area (Å²) >= 11 is 11.9. The predicted octanol–water partition coefficient (Wildman–Crippen LogP) is 4.03. The molecule has 2 rings (SSSR count). The fourth-order valence-corrected chi connectivity index (χ4v) is 4.33. The number of carbonyl (C=O) groups excluding carboxylic acids is 1. The van der Waals surface area contributed by atoms with Gasteiger partial charge in [-0.25, -0.2) is 8.42 Å². The lowest BCUT2D eigenvalue weighted by molar-refractivity contribution is -0.122. The van der Waals surface area contributed by atoms with Gasteiger partial charge in [-0.1, -0.05) is 41.4 Å². The molecule has 2 aromatic rings. The molecule has 0 aliphatic heterocycles. The summed E-state index contributed by atoms with van der Waals surface area (Å²) in [5.74, 6) is 0.169. The molecule has 1 amide bonds. The number of halogens is 2. The minimum atomic E-state index is -3.76. The Kier molecular flexibility index (Phi) is 7.20. The number of hydrogen-bond donors (Lipinski definition) is 1. The zero-order valence-corrected chi connectivity index (χ0v) is 18.3. The van der Waals surface area contributed by atoms with Crippen molar-refractivity contribution < 1.29 is 17.9 Å². The highest BCUT2D eigenvalue weighted by molar-refractivity contribution is 7.92. The Morgan fingerprint density at radius 3 is 2.32 bits per heavy atom. The van der Waals surface area contributed by atoms with Crippen LogP contribution in [-0.4, -0.2) is 33.7 Å². The molecule has 0 unspecified atom stereocenters. The van der Waals surface area contributed by atoms with E-state index in [-0.39, 0.29) is 16.8 Å². The topological polar surface area (TPSA) is 75.7 Å². The molecule has 0 radical (unpaired) electrons.